The van der Waals surface area contributed by atoms with Crippen LogP contribution in [0.4, 0.5) is 0 Å². The Hall–Kier alpha value is -3.58. The standard InChI is InChI=1S/3C9H10.C2H5N/c1-3-9-6-4-8(2)5-7-9;1-3-9-6-4-5-8(2)7-9;1-3-9-7-5-4-6-8(9)2;1-2-3/h3*3-7H,1H2,2H3;2H,1,3H2. The zero-order valence-corrected chi connectivity index (χ0v) is 18.6. The lowest BCUT2D eigenvalue weighted by atomic mass is 10.1. The molecule has 1 nitrogen and oxygen atoms in total. The zero-order chi connectivity index (χ0) is 22.8. The first kappa shape index (κ1) is 26.4. The maximum Gasteiger partial charge on any atom is -0.0136 e. The van der Waals surface area contributed by atoms with Gasteiger partial charge in [0.2, 0.25) is 0 Å². The Bertz CT molecular complexity index is 902. The molecule has 0 unspecified atom stereocenters. The summed E-state index contributed by atoms with van der Waals surface area (Å²) in [4.78, 5) is 0. The fraction of sp³-hybridized carbons (Fsp3) is 0.103. The SMILES string of the molecule is C=CN.C=Cc1ccc(C)cc1.C=Cc1cccc(C)c1.C=Cc1ccccc1C. The van der Waals surface area contributed by atoms with E-state index in [1.54, 1.807) is 0 Å². The highest BCUT2D eigenvalue weighted by Crippen LogP contribution is 2.07. The Labute approximate surface area is 183 Å². The highest BCUT2D eigenvalue weighted by Gasteiger charge is 1.87. The maximum absolute atomic E-state index is 4.61. The summed E-state index contributed by atoms with van der Waals surface area (Å²) >= 11 is 0. The van der Waals surface area contributed by atoms with E-state index >= 15 is 0 Å². The van der Waals surface area contributed by atoms with Crippen molar-refractivity contribution in [2.45, 2.75) is 20.8 Å². The van der Waals surface area contributed by atoms with Gasteiger partial charge >= 0.3 is 0 Å². The Morgan fingerprint density at radius 2 is 1.17 bits per heavy atom. The lowest BCUT2D eigenvalue weighted by molar-refractivity contribution is 1.45. The Morgan fingerprint density at radius 3 is 1.57 bits per heavy atom. The summed E-state index contributed by atoms with van der Waals surface area (Å²) in [5.74, 6) is 0. The molecule has 0 radical (unpaired) electrons. The lowest BCUT2D eigenvalue weighted by Gasteiger charge is -1.95. The summed E-state index contributed by atoms with van der Waals surface area (Å²) in [5.41, 5.74) is 12.1. The van der Waals surface area contributed by atoms with Crippen molar-refractivity contribution >= 4 is 18.2 Å². The molecule has 0 aliphatic carbocycles. The molecular formula is C29H35N. The molecule has 2 N–H and O–H groups in total. The summed E-state index contributed by atoms with van der Waals surface area (Å²) in [5, 5.41) is 0. The number of hydrogen-bond acceptors (Lipinski definition) is 1. The van der Waals surface area contributed by atoms with Gasteiger partial charge < -0.3 is 5.73 Å². The largest absolute Gasteiger partial charge is 0.405 e. The predicted molar refractivity (Wildman–Crippen MR) is 138 cm³/mol. The molecule has 3 aromatic rings. The lowest BCUT2D eigenvalue weighted by Crippen LogP contribution is -1.75. The van der Waals surface area contributed by atoms with Gasteiger partial charge in [0.05, 0.1) is 0 Å². The molecule has 0 heterocycles. The first-order valence-electron chi connectivity index (χ1n) is 9.80. The van der Waals surface area contributed by atoms with Crippen molar-refractivity contribution in [2.24, 2.45) is 5.73 Å². The van der Waals surface area contributed by atoms with Crippen molar-refractivity contribution in [3.8, 4) is 0 Å². The van der Waals surface area contributed by atoms with E-state index < -0.39 is 0 Å². The molecule has 0 saturated heterocycles. The van der Waals surface area contributed by atoms with Gasteiger partial charge in [-0.25, -0.2) is 0 Å². The third kappa shape index (κ3) is 12.0. The van der Waals surface area contributed by atoms with Crippen LogP contribution < -0.4 is 5.73 Å². The van der Waals surface area contributed by atoms with Gasteiger partial charge in [0.25, 0.3) is 0 Å². The van der Waals surface area contributed by atoms with Gasteiger partial charge in [-0.15, -0.1) is 0 Å². The third-order valence-corrected chi connectivity index (χ3v) is 4.00. The van der Waals surface area contributed by atoms with Crippen LogP contribution in [0.5, 0.6) is 0 Å². The Morgan fingerprint density at radius 1 is 0.600 bits per heavy atom. The van der Waals surface area contributed by atoms with Crippen LogP contribution in [0.1, 0.15) is 33.4 Å². The number of benzene rings is 3. The van der Waals surface area contributed by atoms with E-state index in [0.29, 0.717) is 0 Å². The van der Waals surface area contributed by atoms with E-state index in [0.717, 1.165) is 0 Å². The highest BCUT2D eigenvalue weighted by molar-refractivity contribution is 5.51. The fourth-order valence-corrected chi connectivity index (χ4v) is 2.32. The van der Waals surface area contributed by atoms with Gasteiger partial charge in [-0.2, -0.15) is 0 Å². The monoisotopic (exact) mass is 397 g/mol. The molecule has 0 aliphatic heterocycles. The topological polar surface area (TPSA) is 26.0 Å². The molecule has 0 spiro atoms. The van der Waals surface area contributed by atoms with Gasteiger partial charge in [0, 0.05) is 0 Å². The van der Waals surface area contributed by atoms with Crippen molar-refractivity contribution in [1.29, 1.82) is 0 Å². The van der Waals surface area contributed by atoms with Crippen LogP contribution in [0.25, 0.3) is 18.2 Å². The molecule has 156 valence electrons. The summed E-state index contributed by atoms with van der Waals surface area (Å²) in [7, 11) is 0. The van der Waals surface area contributed by atoms with Crippen molar-refractivity contribution in [1.82, 2.24) is 0 Å². The molecule has 0 atom stereocenters. The number of hydrogen-bond donors (Lipinski definition) is 1. The van der Waals surface area contributed by atoms with E-state index in [4.69, 9.17) is 0 Å². The Balaban J connectivity index is 0.000000394. The number of aryl methyl sites for hydroxylation is 3. The van der Waals surface area contributed by atoms with Gasteiger partial charge in [-0.3, -0.25) is 0 Å². The minimum atomic E-state index is 1.18. The smallest absolute Gasteiger partial charge is 0.0136 e. The molecule has 1 heteroatoms. The molecule has 0 amide bonds. The Kier molecular flexibility index (Phi) is 14.4. The summed E-state index contributed by atoms with van der Waals surface area (Å²) < 4.78 is 0. The van der Waals surface area contributed by atoms with Gasteiger partial charge in [-0.05, 0) is 49.2 Å². The van der Waals surface area contributed by atoms with E-state index in [9.17, 15) is 0 Å². The second kappa shape index (κ2) is 16.4. The molecule has 0 aliphatic rings. The molecular weight excluding hydrogens is 362 g/mol. The minimum Gasteiger partial charge on any atom is -0.405 e. The molecule has 3 rings (SSSR count). The number of rotatable bonds is 3. The van der Waals surface area contributed by atoms with E-state index in [-0.39, 0.29) is 0 Å². The first-order valence-corrected chi connectivity index (χ1v) is 9.80. The average molecular weight is 398 g/mol. The minimum absolute atomic E-state index is 1.18. The van der Waals surface area contributed by atoms with Crippen molar-refractivity contribution in [3.63, 3.8) is 0 Å². The van der Waals surface area contributed by atoms with E-state index in [1.807, 2.05) is 42.5 Å². The quantitative estimate of drug-likeness (QED) is 0.476. The second-order valence-electron chi connectivity index (χ2n) is 6.53. The normalized spacial score (nSPS) is 8.50. The van der Waals surface area contributed by atoms with Crippen LogP contribution >= 0.6 is 0 Å². The second-order valence-corrected chi connectivity index (χ2v) is 6.53. The highest BCUT2D eigenvalue weighted by atomic mass is 14.5. The summed E-state index contributed by atoms with van der Waals surface area (Å²) in [6.07, 6.45) is 6.82. The molecule has 0 bridgehead atoms. The molecule has 0 saturated carbocycles. The van der Waals surface area contributed by atoms with Crippen LogP contribution in [0.2, 0.25) is 0 Å². The fourth-order valence-electron chi connectivity index (χ4n) is 2.32. The maximum atomic E-state index is 4.61. The molecule has 0 aromatic heterocycles. The summed E-state index contributed by atoms with van der Waals surface area (Å²) in [6.45, 7) is 20.4. The van der Waals surface area contributed by atoms with Crippen LogP contribution in [-0.4, -0.2) is 0 Å². The summed E-state index contributed by atoms with van der Waals surface area (Å²) in [6, 6.07) is 24.7. The van der Waals surface area contributed by atoms with Crippen LogP contribution in [-0.2, 0) is 0 Å². The average Bonchev–Trinajstić information content (AvgIpc) is 2.76. The van der Waals surface area contributed by atoms with E-state index in [1.165, 1.54) is 39.6 Å². The van der Waals surface area contributed by atoms with Crippen LogP contribution in [0.15, 0.2) is 105 Å². The van der Waals surface area contributed by atoms with Gasteiger partial charge in [-0.1, -0.05) is 128 Å². The predicted octanol–water partition coefficient (Wildman–Crippen LogP) is 8.00. The number of nitrogens with two attached hydrogens (primary N) is 1. The zero-order valence-electron chi connectivity index (χ0n) is 18.6. The third-order valence-electron chi connectivity index (χ3n) is 4.00. The van der Waals surface area contributed by atoms with Crippen molar-refractivity contribution in [3.05, 3.63) is 139 Å². The van der Waals surface area contributed by atoms with Crippen molar-refractivity contribution in [2.75, 3.05) is 0 Å². The van der Waals surface area contributed by atoms with E-state index in [2.05, 4.69) is 101 Å². The molecule has 30 heavy (non-hydrogen) atoms. The molecule has 3 aromatic carbocycles. The van der Waals surface area contributed by atoms with Gasteiger partial charge in [0.1, 0.15) is 0 Å². The van der Waals surface area contributed by atoms with Crippen molar-refractivity contribution < 1.29 is 0 Å². The van der Waals surface area contributed by atoms with Crippen LogP contribution in [0, 0.1) is 20.8 Å². The van der Waals surface area contributed by atoms with Gasteiger partial charge in [0.15, 0.2) is 0 Å². The first-order chi connectivity index (χ1) is 14.4. The van der Waals surface area contributed by atoms with Crippen LogP contribution in [0.3, 0.4) is 0 Å². The molecule has 0 fully saturated rings.